The smallest absolute Gasteiger partial charge is 0.290 e. The van der Waals surface area contributed by atoms with Crippen LogP contribution < -0.4 is 5.43 Å². The fourth-order valence-electron chi connectivity index (χ4n) is 2.72. The first-order valence-electron chi connectivity index (χ1n) is 7.82. The third kappa shape index (κ3) is 2.93. The number of rotatable bonds is 3. The largest absolute Gasteiger partial charge is 0.295 e. The van der Waals surface area contributed by atoms with Crippen LogP contribution in [0.4, 0.5) is 0 Å². The summed E-state index contributed by atoms with van der Waals surface area (Å²) in [5.41, 5.74) is 9.08. The van der Waals surface area contributed by atoms with E-state index in [0.29, 0.717) is 11.4 Å². The lowest BCUT2D eigenvalue weighted by atomic mass is 10.0. The minimum atomic E-state index is -0.274. The predicted molar refractivity (Wildman–Crippen MR) is 95.6 cm³/mol. The zero-order chi connectivity index (χ0) is 17.3. The quantitative estimate of drug-likeness (QED) is 0.594. The molecular weight excluding hydrogens is 300 g/mol. The zero-order valence-corrected chi connectivity index (χ0v) is 14.3. The standard InChI is InChI=1S/C19H20N4O/c1-12-9-14(3)16(10-13(12)2)11-20-22-19(24)18-15(4)21-17-7-5-6-8-23(17)18/h5-11H,1-4H3,(H,22,24)/b20-11-. The molecule has 2 heterocycles. The van der Waals surface area contributed by atoms with Crippen molar-refractivity contribution >= 4 is 17.8 Å². The molecule has 3 rings (SSSR count). The van der Waals surface area contributed by atoms with Gasteiger partial charge in [-0.15, -0.1) is 0 Å². The maximum atomic E-state index is 12.5. The van der Waals surface area contributed by atoms with Crippen molar-refractivity contribution < 1.29 is 4.79 Å². The highest BCUT2D eigenvalue weighted by Crippen LogP contribution is 2.14. The molecule has 1 amide bonds. The number of imidazole rings is 1. The summed E-state index contributed by atoms with van der Waals surface area (Å²) in [6.07, 6.45) is 3.50. The molecule has 2 aromatic heterocycles. The second kappa shape index (κ2) is 6.28. The van der Waals surface area contributed by atoms with Crippen molar-refractivity contribution in [1.82, 2.24) is 14.8 Å². The Morgan fingerprint density at radius 1 is 1.12 bits per heavy atom. The van der Waals surface area contributed by atoms with Gasteiger partial charge in [0.1, 0.15) is 11.3 Å². The van der Waals surface area contributed by atoms with Crippen molar-refractivity contribution in [3.8, 4) is 0 Å². The summed E-state index contributed by atoms with van der Waals surface area (Å²) in [4.78, 5) is 16.8. The van der Waals surface area contributed by atoms with Gasteiger partial charge in [0.25, 0.3) is 5.91 Å². The molecule has 0 atom stereocenters. The SMILES string of the molecule is Cc1cc(C)c(/C=N\NC(=O)c2c(C)nc3ccccn23)cc1C. The summed E-state index contributed by atoms with van der Waals surface area (Å²) in [6.45, 7) is 7.99. The highest BCUT2D eigenvalue weighted by molar-refractivity contribution is 5.95. The van der Waals surface area contributed by atoms with E-state index in [1.165, 1.54) is 11.1 Å². The fraction of sp³-hybridized carbons (Fsp3) is 0.211. The molecule has 0 unspecified atom stereocenters. The Balaban J connectivity index is 1.83. The molecule has 0 spiro atoms. The molecule has 0 radical (unpaired) electrons. The first-order chi connectivity index (χ1) is 11.5. The first-order valence-corrected chi connectivity index (χ1v) is 7.82. The lowest BCUT2D eigenvalue weighted by Gasteiger charge is -2.06. The van der Waals surface area contributed by atoms with E-state index in [0.717, 1.165) is 16.8 Å². The van der Waals surface area contributed by atoms with Gasteiger partial charge in [-0.1, -0.05) is 12.1 Å². The fourth-order valence-corrected chi connectivity index (χ4v) is 2.72. The number of amides is 1. The normalized spacial score (nSPS) is 11.3. The Morgan fingerprint density at radius 3 is 2.67 bits per heavy atom. The van der Waals surface area contributed by atoms with E-state index in [1.807, 2.05) is 38.2 Å². The van der Waals surface area contributed by atoms with Crippen LogP contribution in [-0.4, -0.2) is 21.5 Å². The van der Waals surface area contributed by atoms with Gasteiger partial charge in [0.05, 0.1) is 11.9 Å². The minimum absolute atomic E-state index is 0.274. The van der Waals surface area contributed by atoms with Gasteiger partial charge in [-0.25, -0.2) is 10.4 Å². The molecule has 0 aliphatic rings. The van der Waals surface area contributed by atoms with Gasteiger partial charge in [0.15, 0.2) is 0 Å². The monoisotopic (exact) mass is 320 g/mol. The Kier molecular flexibility index (Phi) is 4.16. The van der Waals surface area contributed by atoms with Gasteiger partial charge in [-0.2, -0.15) is 5.10 Å². The Morgan fingerprint density at radius 2 is 1.88 bits per heavy atom. The molecule has 1 N–H and O–H groups in total. The van der Waals surface area contributed by atoms with Crippen LogP contribution in [0.2, 0.25) is 0 Å². The van der Waals surface area contributed by atoms with Crippen LogP contribution in [0.5, 0.6) is 0 Å². The first kappa shape index (κ1) is 15.9. The average molecular weight is 320 g/mol. The summed E-state index contributed by atoms with van der Waals surface area (Å²) in [6, 6.07) is 9.81. The second-order valence-corrected chi connectivity index (χ2v) is 5.97. The Bertz CT molecular complexity index is 953. The molecule has 122 valence electrons. The van der Waals surface area contributed by atoms with Crippen molar-refractivity contribution in [2.75, 3.05) is 0 Å². The van der Waals surface area contributed by atoms with E-state index >= 15 is 0 Å². The van der Waals surface area contributed by atoms with Crippen LogP contribution in [0.15, 0.2) is 41.6 Å². The molecule has 0 bridgehead atoms. The van der Waals surface area contributed by atoms with Crippen molar-refractivity contribution in [1.29, 1.82) is 0 Å². The van der Waals surface area contributed by atoms with Gasteiger partial charge < -0.3 is 0 Å². The number of pyridine rings is 1. The number of hydrogen-bond acceptors (Lipinski definition) is 3. The van der Waals surface area contributed by atoms with Crippen LogP contribution in [0.1, 0.15) is 38.4 Å². The maximum absolute atomic E-state index is 12.5. The second-order valence-electron chi connectivity index (χ2n) is 5.97. The lowest BCUT2D eigenvalue weighted by Crippen LogP contribution is -2.20. The van der Waals surface area contributed by atoms with Gasteiger partial charge in [-0.05, 0) is 68.1 Å². The molecule has 0 saturated carbocycles. The van der Waals surface area contributed by atoms with E-state index < -0.39 is 0 Å². The summed E-state index contributed by atoms with van der Waals surface area (Å²) in [7, 11) is 0. The minimum Gasteiger partial charge on any atom is -0.295 e. The summed E-state index contributed by atoms with van der Waals surface area (Å²) in [5.74, 6) is -0.274. The van der Waals surface area contributed by atoms with Crippen molar-refractivity contribution in [2.45, 2.75) is 27.7 Å². The average Bonchev–Trinajstić information content (AvgIpc) is 2.88. The molecule has 5 nitrogen and oxygen atoms in total. The predicted octanol–water partition coefficient (Wildman–Crippen LogP) is 3.33. The highest BCUT2D eigenvalue weighted by atomic mass is 16.2. The van der Waals surface area contributed by atoms with Crippen molar-refractivity contribution in [2.24, 2.45) is 5.10 Å². The number of fused-ring (bicyclic) bond motifs is 1. The van der Waals surface area contributed by atoms with Crippen LogP contribution in [0.25, 0.3) is 5.65 Å². The van der Waals surface area contributed by atoms with Gasteiger partial charge in [0.2, 0.25) is 0 Å². The number of nitrogens with zero attached hydrogens (tertiary/aromatic N) is 3. The Hall–Kier alpha value is -2.95. The third-order valence-electron chi connectivity index (χ3n) is 4.17. The number of aryl methyl sites for hydroxylation is 4. The summed E-state index contributed by atoms with van der Waals surface area (Å²) < 4.78 is 1.77. The van der Waals surface area contributed by atoms with E-state index in [1.54, 1.807) is 10.6 Å². The van der Waals surface area contributed by atoms with Gasteiger partial charge in [0, 0.05) is 6.20 Å². The van der Waals surface area contributed by atoms with Gasteiger partial charge in [-0.3, -0.25) is 9.20 Å². The summed E-state index contributed by atoms with van der Waals surface area (Å²) in [5, 5.41) is 4.11. The van der Waals surface area contributed by atoms with Crippen LogP contribution in [0.3, 0.4) is 0 Å². The number of carbonyl (C=O) groups is 1. The zero-order valence-electron chi connectivity index (χ0n) is 14.3. The molecular formula is C19H20N4O. The molecule has 0 aliphatic heterocycles. The van der Waals surface area contributed by atoms with Crippen molar-refractivity contribution in [3.63, 3.8) is 0 Å². The number of benzene rings is 1. The third-order valence-corrected chi connectivity index (χ3v) is 4.17. The van der Waals surface area contributed by atoms with Crippen LogP contribution in [0, 0.1) is 27.7 Å². The van der Waals surface area contributed by atoms with Crippen LogP contribution >= 0.6 is 0 Å². The molecule has 5 heteroatoms. The van der Waals surface area contributed by atoms with E-state index in [-0.39, 0.29) is 5.91 Å². The number of nitrogens with one attached hydrogen (secondary N) is 1. The molecule has 0 aliphatic carbocycles. The number of hydrogen-bond donors (Lipinski definition) is 1. The molecule has 0 saturated heterocycles. The number of carbonyl (C=O) groups excluding carboxylic acids is 1. The van der Waals surface area contributed by atoms with Crippen LogP contribution in [-0.2, 0) is 0 Å². The maximum Gasteiger partial charge on any atom is 0.290 e. The molecule has 24 heavy (non-hydrogen) atoms. The number of hydrazone groups is 1. The lowest BCUT2D eigenvalue weighted by molar-refractivity contribution is 0.0948. The van der Waals surface area contributed by atoms with E-state index in [4.69, 9.17) is 0 Å². The molecule has 1 aromatic carbocycles. The Labute approximate surface area is 141 Å². The number of aromatic nitrogens is 2. The topological polar surface area (TPSA) is 58.8 Å². The highest BCUT2D eigenvalue weighted by Gasteiger charge is 2.15. The molecule has 0 fully saturated rings. The molecule has 3 aromatic rings. The van der Waals surface area contributed by atoms with Crippen molar-refractivity contribution in [3.05, 3.63) is 70.2 Å². The summed E-state index contributed by atoms with van der Waals surface area (Å²) >= 11 is 0. The van der Waals surface area contributed by atoms with E-state index in [2.05, 4.69) is 41.5 Å². The van der Waals surface area contributed by atoms with Gasteiger partial charge >= 0.3 is 0 Å². The van der Waals surface area contributed by atoms with E-state index in [9.17, 15) is 4.79 Å².